The van der Waals surface area contributed by atoms with Crippen molar-refractivity contribution in [3.63, 3.8) is 0 Å². The fourth-order valence-electron chi connectivity index (χ4n) is 4.10. The first kappa shape index (κ1) is 18.8. The van der Waals surface area contributed by atoms with Crippen molar-refractivity contribution in [3.8, 4) is 11.1 Å². The standard InChI is InChI=1S/C28H25NO/c1-2-6-22(7-3-1)24-12-14-25(15-13-24)27-16-17-29-19-28(27)30-20-21-10-11-23-8-4-5-9-26(23)18-21/h1-16,18,28-29H,17,19-20H2. The molecule has 0 spiro atoms. The quantitative estimate of drug-likeness (QED) is 0.445. The Morgan fingerprint density at radius 2 is 1.40 bits per heavy atom. The Kier molecular flexibility index (Phi) is 5.43. The van der Waals surface area contributed by atoms with E-state index in [1.165, 1.54) is 38.6 Å². The van der Waals surface area contributed by atoms with E-state index in [1.807, 2.05) is 0 Å². The van der Waals surface area contributed by atoms with Crippen LogP contribution in [-0.2, 0) is 11.3 Å². The molecule has 1 aliphatic rings. The Bertz CT molecular complexity index is 1160. The van der Waals surface area contributed by atoms with Gasteiger partial charge < -0.3 is 10.1 Å². The van der Waals surface area contributed by atoms with E-state index < -0.39 is 0 Å². The van der Waals surface area contributed by atoms with Gasteiger partial charge in [-0.05, 0) is 44.7 Å². The van der Waals surface area contributed by atoms with Crippen LogP contribution in [0.1, 0.15) is 11.1 Å². The van der Waals surface area contributed by atoms with Crippen LogP contribution in [0.3, 0.4) is 0 Å². The Morgan fingerprint density at radius 1 is 0.700 bits per heavy atom. The van der Waals surface area contributed by atoms with E-state index in [0.29, 0.717) is 6.61 Å². The van der Waals surface area contributed by atoms with Crippen LogP contribution in [-0.4, -0.2) is 19.2 Å². The largest absolute Gasteiger partial charge is 0.368 e. The predicted molar refractivity (Wildman–Crippen MR) is 125 cm³/mol. The maximum Gasteiger partial charge on any atom is 0.0957 e. The molecule has 0 fully saturated rings. The van der Waals surface area contributed by atoms with Gasteiger partial charge in [0.05, 0.1) is 12.7 Å². The molecule has 5 rings (SSSR count). The molecule has 0 radical (unpaired) electrons. The van der Waals surface area contributed by atoms with Gasteiger partial charge in [-0.25, -0.2) is 0 Å². The molecule has 0 saturated carbocycles. The number of ether oxygens (including phenoxy) is 1. The van der Waals surface area contributed by atoms with Crippen molar-refractivity contribution in [1.82, 2.24) is 5.32 Å². The van der Waals surface area contributed by atoms with E-state index in [2.05, 4.69) is 108 Å². The number of nitrogens with one attached hydrogen (secondary N) is 1. The molecule has 4 aromatic rings. The summed E-state index contributed by atoms with van der Waals surface area (Å²) in [6.07, 6.45) is 2.30. The highest BCUT2D eigenvalue weighted by molar-refractivity contribution is 5.83. The third-order valence-electron chi connectivity index (χ3n) is 5.73. The van der Waals surface area contributed by atoms with E-state index in [4.69, 9.17) is 4.74 Å². The highest BCUT2D eigenvalue weighted by Crippen LogP contribution is 2.27. The topological polar surface area (TPSA) is 21.3 Å². The van der Waals surface area contributed by atoms with Crippen molar-refractivity contribution in [1.29, 1.82) is 0 Å². The fraction of sp³-hybridized carbons (Fsp3) is 0.143. The van der Waals surface area contributed by atoms with Gasteiger partial charge in [0.15, 0.2) is 0 Å². The second kappa shape index (κ2) is 8.66. The predicted octanol–water partition coefficient (Wildman–Crippen LogP) is 6.08. The van der Waals surface area contributed by atoms with Gasteiger partial charge in [-0.1, -0.05) is 97.1 Å². The molecular weight excluding hydrogens is 366 g/mol. The monoisotopic (exact) mass is 391 g/mol. The summed E-state index contributed by atoms with van der Waals surface area (Å²) >= 11 is 0. The first-order chi connectivity index (χ1) is 14.9. The number of fused-ring (bicyclic) bond motifs is 1. The van der Waals surface area contributed by atoms with Gasteiger partial charge in [-0.2, -0.15) is 0 Å². The summed E-state index contributed by atoms with van der Waals surface area (Å²) in [5.74, 6) is 0. The second-order valence-corrected chi connectivity index (χ2v) is 7.74. The smallest absolute Gasteiger partial charge is 0.0957 e. The molecule has 1 heterocycles. The maximum absolute atomic E-state index is 6.37. The Morgan fingerprint density at radius 3 is 2.23 bits per heavy atom. The third-order valence-corrected chi connectivity index (χ3v) is 5.73. The highest BCUT2D eigenvalue weighted by atomic mass is 16.5. The summed E-state index contributed by atoms with van der Waals surface area (Å²) in [6, 6.07) is 34.4. The SMILES string of the molecule is C1=C(c2ccc(-c3ccccc3)cc2)C(OCc2ccc3ccccc3c2)CNC1. The normalized spacial score (nSPS) is 16.4. The summed E-state index contributed by atoms with van der Waals surface area (Å²) in [6.45, 7) is 2.32. The van der Waals surface area contributed by atoms with E-state index in [-0.39, 0.29) is 6.10 Å². The van der Waals surface area contributed by atoms with E-state index in [0.717, 1.165) is 13.1 Å². The molecule has 0 saturated heterocycles. The lowest BCUT2D eigenvalue weighted by atomic mass is 9.95. The van der Waals surface area contributed by atoms with Crippen molar-refractivity contribution in [2.75, 3.05) is 13.1 Å². The van der Waals surface area contributed by atoms with Crippen LogP contribution in [0.5, 0.6) is 0 Å². The Labute approximate surface area is 177 Å². The molecule has 2 nitrogen and oxygen atoms in total. The number of rotatable bonds is 5. The molecule has 0 aromatic heterocycles. The molecule has 4 aromatic carbocycles. The lowest BCUT2D eigenvalue weighted by Crippen LogP contribution is -2.34. The van der Waals surface area contributed by atoms with Gasteiger partial charge in [0.25, 0.3) is 0 Å². The van der Waals surface area contributed by atoms with Gasteiger partial charge in [0, 0.05) is 13.1 Å². The number of hydrogen-bond acceptors (Lipinski definition) is 2. The maximum atomic E-state index is 6.37. The lowest BCUT2D eigenvalue weighted by molar-refractivity contribution is 0.0765. The van der Waals surface area contributed by atoms with Gasteiger partial charge >= 0.3 is 0 Å². The zero-order valence-electron chi connectivity index (χ0n) is 16.9. The summed E-state index contributed by atoms with van der Waals surface area (Å²) < 4.78 is 6.37. The van der Waals surface area contributed by atoms with Crippen molar-refractivity contribution in [3.05, 3.63) is 114 Å². The van der Waals surface area contributed by atoms with E-state index >= 15 is 0 Å². The molecule has 1 aliphatic heterocycles. The summed E-state index contributed by atoms with van der Waals surface area (Å²) in [4.78, 5) is 0. The molecule has 0 aliphatic carbocycles. The molecular formula is C28H25NO. The fourth-order valence-corrected chi connectivity index (χ4v) is 4.10. The van der Waals surface area contributed by atoms with Crippen LogP contribution in [0.25, 0.3) is 27.5 Å². The van der Waals surface area contributed by atoms with E-state index in [9.17, 15) is 0 Å². The first-order valence-electron chi connectivity index (χ1n) is 10.5. The molecule has 30 heavy (non-hydrogen) atoms. The van der Waals surface area contributed by atoms with Crippen LogP contribution in [0.15, 0.2) is 103 Å². The Hall–Kier alpha value is -3.20. The number of hydrogen-bond donors (Lipinski definition) is 1. The van der Waals surface area contributed by atoms with Crippen molar-refractivity contribution in [2.24, 2.45) is 0 Å². The van der Waals surface area contributed by atoms with Gasteiger partial charge in [-0.3, -0.25) is 0 Å². The average molecular weight is 392 g/mol. The minimum absolute atomic E-state index is 0.0489. The highest BCUT2D eigenvalue weighted by Gasteiger charge is 2.20. The Balaban J connectivity index is 1.32. The summed E-state index contributed by atoms with van der Waals surface area (Å²) in [5.41, 5.74) is 6.20. The molecule has 0 bridgehead atoms. The van der Waals surface area contributed by atoms with Crippen molar-refractivity contribution < 1.29 is 4.74 Å². The van der Waals surface area contributed by atoms with E-state index in [1.54, 1.807) is 0 Å². The third kappa shape index (κ3) is 4.06. The zero-order chi connectivity index (χ0) is 20.2. The summed E-state index contributed by atoms with van der Waals surface area (Å²) in [5, 5.41) is 5.96. The molecule has 1 unspecified atom stereocenters. The summed E-state index contributed by atoms with van der Waals surface area (Å²) in [7, 11) is 0. The van der Waals surface area contributed by atoms with Crippen LogP contribution < -0.4 is 5.32 Å². The first-order valence-corrected chi connectivity index (χ1v) is 10.5. The molecule has 148 valence electrons. The van der Waals surface area contributed by atoms with Gasteiger partial charge in [0.2, 0.25) is 0 Å². The molecule has 1 atom stereocenters. The number of benzene rings is 4. The van der Waals surface area contributed by atoms with Crippen LogP contribution >= 0.6 is 0 Å². The van der Waals surface area contributed by atoms with Crippen molar-refractivity contribution in [2.45, 2.75) is 12.7 Å². The van der Waals surface area contributed by atoms with Crippen LogP contribution in [0.2, 0.25) is 0 Å². The van der Waals surface area contributed by atoms with Crippen LogP contribution in [0.4, 0.5) is 0 Å². The molecule has 0 amide bonds. The average Bonchev–Trinajstić information content (AvgIpc) is 2.83. The van der Waals surface area contributed by atoms with Crippen LogP contribution in [0, 0.1) is 0 Å². The second-order valence-electron chi connectivity index (χ2n) is 7.74. The van der Waals surface area contributed by atoms with Crippen molar-refractivity contribution >= 4 is 16.3 Å². The molecule has 1 N–H and O–H groups in total. The minimum atomic E-state index is 0.0489. The van der Waals surface area contributed by atoms with Gasteiger partial charge in [0.1, 0.15) is 0 Å². The zero-order valence-corrected chi connectivity index (χ0v) is 16.9. The van der Waals surface area contributed by atoms with Gasteiger partial charge in [-0.15, -0.1) is 0 Å². The lowest BCUT2D eigenvalue weighted by Gasteiger charge is -2.26. The minimum Gasteiger partial charge on any atom is -0.368 e. The molecule has 2 heteroatoms.